The quantitative estimate of drug-likeness (QED) is 0.476. The Balaban J connectivity index is 1.49. The number of hydrogen-bond donors (Lipinski definition) is 0. The smallest absolute Gasteiger partial charge is 0.131 e. The molecule has 2 aromatic rings. The maximum Gasteiger partial charge on any atom is 0.131 e. The molecular weight excluding hydrogens is 400 g/mol. The molecule has 30 heavy (non-hydrogen) atoms. The molecule has 1 aromatic heterocycles. The lowest BCUT2D eigenvalue weighted by Gasteiger charge is -2.36. The van der Waals surface area contributed by atoms with Crippen LogP contribution in [0.25, 0.3) is 0 Å². The summed E-state index contributed by atoms with van der Waals surface area (Å²) < 4.78 is 6.60. The molecule has 0 unspecified atom stereocenters. The third-order valence-electron chi connectivity index (χ3n) is 7.60. The van der Waals surface area contributed by atoms with Crippen LogP contribution in [0.1, 0.15) is 27.2 Å². The van der Waals surface area contributed by atoms with Crippen LogP contribution in [0.15, 0.2) is 46.9 Å². The predicted octanol–water partition coefficient (Wildman–Crippen LogP) is 5.12. The largest absolute Gasteiger partial charge is 0.476 e. The molecule has 3 rings (SSSR count). The lowest BCUT2D eigenvalue weighted by atomic mass is 10.2. The Hall–Kier alpha value is -1.31. The molecule has 0 N–H and O–H groups in total. The van der Waals surface area contributed by atoms with E-state index in [2.05, 4.69) is 86.1 Å². The van der Waals surface area contributed by atoms with E-state index in [1.54, 1.807) is 0 Å². The summed E-state index contributed by atoms with van der Waals surface area (Å²) in [4.78, 5) is 5.17. The van der Waals surface area contributed by atoms with Gasteiger partial charge in [0.25, 0.3) is 0 Å². The standard InChI is InChI=1S/C25H42N2OSi2/c1-6-30(7-2,8-3)25-16-15-24(28-25)29(4,5)22-12-17-26-18-20-27(21-19-26)23-13-10-9-11-14-23/h9-11,13-16H,6-8,12,17-22H2,1-5H3. The number of hydrogen-bond acceptors (Lipinski definition) is 3. The predicted molar refractivity (Wildman–Crippen MR) is 137 cm³/mol. The molecule has 1 aliphatic rings. The second-order valence-electron chi connectivity index (χ2n) is 9.66. The van der Waals surface area contributed by atoms with Crippen molar-refractivity contribution in [1.29, 1.82) is 0 Å². The first-order valence-electron chi connectivity index (χ1n) is 12.1. The Labute approximate surface area is 186 Å². The third-order valence-corrected chi connectivity index (χ3v) is 16.2. The van der Waals surface area contributed by atoms with Crippen molar-refractivity contribution in [1.82, 2.24) is 4.90 Å². The number of rotatable bonds is 10. The van der Waals surface area contributed by atoms with Crippen molar-refractivity contribution < 1.29 is 4.42 Å². The van der Waals surface area contributed by atoms with Crippen LogP contribution in [-0.4, -0.2) is 53.8 Å². The van der Waals surface area contributed by atoms with Crippen LogP contribution in [0.4, 0.5) is 5.69 Å². The Morgan fingerprint density at radius 3 is 2.00 bits per heavy atom. The Bertz CT molecular complexity index is 754. The minimum absolute atomic E-state index is 1.14. The van der Waals surface area contributed by atoms with Gasteiger partial charge in [-0.15, -0.1) is 0 Å². The molecule has 3 nitrogen and oxygen atoms in total. The molecule has 1 aliphatic heterocycles. The van der Waals surface area contributed by atoms with Gasteiger partial charge >= 0.3 is 0 Å². The molecule has 166 valence electrons. The molecule has 0 atom stereocenters. The van der Waals surface area contributed by atoms with Crippen molar-refractivity contribution in [3.05, 3.63) is 42.5 Å². The van der Waals surface area contributed by atoms with Gasteiger partial charge in [-0.2, -0.15) is 0 Å². The first-order chi connectivity index (χ1) is 14.4. The summed E-state index contributed by atoms with van der Waals surface area (Å²) in [5.74, 6) is 0. The van der Waals surface area contributed by atoms with Gasteiger partial charge in [0.2, 0.25) is 0 Å². The van der Waals surface area contributed by atoms with E-state index in [4.69, 9.17) is 4.42 Å². The molecule has 1 saturated heterocycles. The van der Waals surface area contributed by atoms with Crippen LogP contribution in [-0.2, 0) is 0 Å². The number of para-hydroxylation sites is 1. The molecule has 2 heterocycles. The first-order valence-corrected chi connectivity index (χ1v) is 17.9. The summed E-state index contributed by atoms with van der Waals surface area (Å²) in [6.45, 7) is 18.0. The number of nitrogens with zero attached hydrogens (tertiary/aromatic N) is 2. The topological polar surface area (TPSA) is 19.6 Å². The summed E-state index contributed by atoms with van der Waals surface area (Å²) >= 11 is 0. The molecule has 0 saturated carbocycles. The highest BCUT2D eigenvalue weighted by molar-refractivity contribution is 6.92. The van der Waals surface area contributed by atoms with E-state index in [9.17, 15) is 0 Å². The Kier molecular flexibility index (Phi) is 8.05. The summed E-state index contributed by atoms with van der Waals surface area (Å²) in [7, 11) is -2.91. The molecule has 0 bridgehead atoms. The van der Waals surface area contributed by atoms with E-state index in [0.717, 1.165) is 13.1 Å². The number of anilines is 1. The highest BCUT2D eigenvalue weighted by Gasteiger charge is 2.35. The van der Waals surface area contributed by atoms with Crippen molar-refractivity contribution in [2.75, 3.05) is 37.6 Å². The lowest BCUT2D eigenvalue weighted by Crippen LogP contribution is -2.48. The molecular formula is C25H42N2OSi2. The van der Waals surface area contributed by atoms with Gasteiger partial charge in [-0.1, -0.05) is 70.2 Å². The van der Waals surface area contributed by atoms with Gasteiger partial charge in [-0.05, 0) is 43.3 Å². The molecule has 0 spiro atoms. The van der Waals surface area contributed by atoms with E-state index >= 15 is 0 Å². The Morgan fingerprint density at radius 1 is 0.800 bits per heavy atom. The summed E-state index contributed by atoms with van der Waals surface area (Å²) in [5, 5.41) is 2.70. The van der Waals surface area contributed by atoms with E-state index < -0.39 is 16.1 Å². The second kappa shape index (κ2) is 10.3. The van der Waals surface area contributed by atoms with Gasteiger partial charge < -0.3 is 9.32 Å². The molecule has 0 radical (unpaired) electrons. The van der Waals surface area contributed by atoms with Crippen LogP contribution in [0.3, 0.4) is 0 Å². The molecule has 0 amide bonds. The minimum atomic E-state index is -1.51. The fraction of sp³-hybridized carbons (Fsp3) is 0.600. The molecule has 1 aromatic carbocycles. The van der Waals surface area contributed by atoms with Crippen molar-refractivity contribution in [2.45, 2.75) is 64.5 Å². The SMILES string of the molecule is CC[Si](CC)(CC)c1ccc([Si](C)(C)CCCN2CCN(c3ccccc3)CC2)o1. The fourth-order valence-electron chi connectivity index (χ4n) is 5.00. The van der Waals surface area contributed by atoms with Crippen molar-refractivity contribution >= 4 is 32.6 Å². The third kappa shape index (κ3) is 5.29. The van der Waals surface area contributed by atoms with E-state index in [0.29, 0.717) is 0 Å². The van der Waals surface area contributed by atoms with Crippen LogP contribution >= 0.6 is 0 Å². The van der Waals surface area contributed by atoms with E-state index in [-0.39, 0.29) is 0 Å². The monoisotopic (exact) mass is 442 g/mol. The number of furan rings is 1. The summed E-state index contributed by atoms with van der Waals surface area (Å²) in [5.41, 5.74) is 1.37. The lowest BCUT2D eigenvalue weighted by molar-refractivity contribution is 0.258. The highest BCUT2D eigenvalue weighted by atomic mass is 28.3. The van der Waals surface area contributed by atoms with Crippen LogP contribution < -0.4 is 15.7 Å². The van der Waals surface area contributed by atoms with Gasteiger partial charge in [-0.25, -0.2) is 0 Å². The zero-order valence-electron chi connectivity index (χ0n) is 19.9. The minimum Gasteiger partial charge on any atom is -0.476 e. The van der Waals surface area contributed by atoms with E-state index in [1.165, 1.54) is 66.7 Å². The van der Waals surface area contributed by atoms with Crippen molar-refractivity contribution in [2.24, 2.45) is 0 Å². The maximum atomic E-state index is 6.60. The fourth-order valence-corrected chi connectivity index (χ4v) is 10.6. The van der Waals surface area contributed by atoms with Gasteiger partial charge in [0.15, 0.2) is 0 Å². The maximum absolute atomic E-state index is 6.60. The first kappa shape index (κ1) is 23.4. The zero-order valence-corrected chi connectivity index (χ0v) is 21.9. The van der Waals surface area contributed by atoms with Crippen LogP contribution in [0, 0.1) is 0 Å². The summed E-state index contributed by atoms with van der Waals surface area (Å²) in [6.07, 6.45) is 1.29. The van der Waals surface area contributed by atoms with Crippen molar-refractivity contribution in [3.8, 4) is 0 Å². The number of piperazine rings is 1. The molecule has 1 fully saturated rings. The van der Waals surface area contributed by atoms with Crippen molar-refractivity contribution in [3.63, 3.8) is 0 Å². The van der Waals surface area contributed by atoms with Crippen LogP contribution in [0.5, 0.6) is 0 Å². The van der Waals surface area contributed by atoms with Gasteiger partial charge in [0, 0.05) is 31.9 Å². The summed E-state index contributed by atoms with van der Waals surface area (Å²) in [6, 6.07) is 20.7. The van der Waals surface area contributed by atoms with Crippen LogP contribution in [0.2, 0.25) is 37.3 Å². The molecule has 5 heteroatoms. The second-order valence-corrected chi connectivity index (χ2v) is 19.6. The average molecular weight is 443 g/mol. The average Bonchev–Trinajstić information content (AvgIpc) is 3.28. The normalized spacial score (nSPS) is 16.2. The highest BCUT2D eigenvalue weighted by Crippen LogP contribution is 2.22. The zero-order chi connectivity index (χ0) is 21.6. The van der Waals surface area contributed by atoms with Gasteiger partial charge in [-0.3, -0.25) is 4.90 Å². The van der Waals surface area contributed by atoms with Gasteiger partial charge in [0.1, 0.15) is 16.1 Å². The number of benzene rings is 1. The van der Waals surface area contributed by atoms with Gasteiger partial charge in [0.05, 0.1) is 10.8 Å². The Morgan fingerprint density at radius 2 is 1.40 bits per heavy atom. The molecule has 0 aliphatic carbocycles. The van der Waals surface area contributed by atoms with E-state index in [1.807, 2.05) is 0 Å².